The van der Waals surface area contributed by atoms with Gasteiger partial charge in [0, 0.05) is 5.56 Å². The third-order valence-electron chi connectivity index (χ3n) is 1.70. The van der Waals surface area contributed by atoms with Gasteiger partial charge in [0.15, 0.2) is 0 Å². The molecule has 0 aliphatic rings. The van der Waals surface area contributed by atoms with Crippen LogP contribution in [0, 0.1) is 17.7 Å². The van der Waals surface area contributed by atoms with Crippen LogP contribution < -0.4 is 5.32 Å². The molecule has 0 fully saturated rings. The molecule has 1 aromatic carbocycles. The van der Waals surface area contributed by atoms with Gasteiger partial charge in [0.05, 0.1) is 12.1 Å². The van der Waals surface area contributed by atoms with Gasteiger partial charge in [-0.1, -0.05) is 11.8 Å². The average Bonchev–Trinajstić information content (AvgIpc) is 2.20. The number of benzene rings is 1. The number of hydrogen-bond acceptors (Lipinski definition) is 2. The monoisotopic (exact) mass is 207 g/mol. The lowest BCUT2D eigenvalue weighted by molar-refractivity contribution is 0.0696. The molecule has 0 aliphatic carbocycles. The zero-order valence-electron chi connectivity index (χ0n) is 8.17. The van der Waals surface area contributed by atoms with E-state index in [-0.39, 0.29) is 5.56 Å². The van der Waals surface area contributed by atoms with Crippen LogP contribution in [0.4, 0.5) is 4.39 Å². The molecule has 78 valence electrons. The van der Waals surface area contributed by atoms with E-state index in [1.807, 2.05) is 0 Å². The Morgan fingerprint density at radius 3 is 2.93 bits per heavy atom. The van der Waals surface area contributed by atoms with Crippen LogP contribution in [0.2, 0.25) is 0 Å². The molecule has 3 nitrogen and oxygen atoms in total. The summed E-state index contributed by atoms with van der Waals surface area (Å²) in [5.74, 6) is 3.63. The normalized spacial score (nSPS) is 9.20. The molecular formula is C11H10FNO2. The first-order valence-corrected chi connectivity index (χ1v) is 4.31. The van der Waals surface area contributed by atoms with Crippen LogP contribution in [-0.4, -0.2) is 24.7 Å². The summed E-state index contributed by atoms with van der Waals surface area (Å²) < 4.78 is 12.8. The van der Waals surface area contributed by atoms with Gasteiger partial charge in [-0.2, -0.15) is 0 Å². The molecule has 0 atom stereocenters. The summed E-state index contributed by atoms with van der Waals surface area (Å²) in [6.07, 6.45) is 0. The SMILES string of the molecule is CNCC#Cc1ccc(F)cc1C(=O)O. The number of hydrogen-bond donors (Lipinski definition) is 2. The summed E-state index contributed by atoms with van der Waals surface area (Å²) >= 11 is 0. The van der Waals surface area contributed by atoms with Crippen LogP contribution in [0.1, 0.15) is 15.9 Å². The first-order valence-electron chi connectivity index (χ1n) is 4.31. The summed E-state index contributed by atoms with van der Waals surface area (Å²) in [7, 11) is 1.73. The predicted octanol–water partition coefficient (Wildman–Crippen LogP) is 1.09. The van der Waals surface area contributed by atoms with E-state index >= 15 is 0 Å². The lowest BCUT2D eigenvalue weighted by Crippen LogP contribution is -2.05. The highest BCUT2D eigenvalue weighted by Gasteiger charge is 2.09. The second-order valence-electron chi connectivity index (χ2n) is 2.83. The van der Waals surface area contributed by atoms with E-state index in [0.717, 1.165) is 6.07 Å². The molecule has 15 heavy (non-hydrogen) atoms. The first kappa shape index (κ1) is 11.2. The molecule has 0 aliphatic heterocycles. The predicted molar refractivity (Wildman–Crippen MR) is 54.2 cm³/mol. The zero-order valence-corrected chi connectivity index (χ0v) is 8.17. The summed E-state index contributed by atoms with van der Waals surface area (Å²) in [4.78, 5) is 10.8. The van der Waals surface area contributed by atoms with Gasteiger partial charge in [-0.15, -0.1) is 0 Å². The molecule has 0 radical (unpaired) electrons. The second-order valence-corrected chi connectivity index (χ2v) is 2.83. The number of rotatable bonds is 2. The number of halogens is 1. The maximum absolute atomic E-state index is 12.8. The number of carboxylic acid groups (broad SMARTS) is 1. The van der Waals surface area contributed by atoms with E-state index in [4.69, 9.17) is 5.11 Å². The zero-order chi connectivity index (χ0) is 11.3. The fourth-order valence-electron chi connectivity index (χ4n) is 1.03. The third kappa shape index (κ3) is 3.08. The molecule has 2 N–H and O–H groups in total. The van der Waals surface area contributed by atoms with Crippen molar-refractivity contribution >= 4 is 5.97 Å². The highest BCUT2D eigenvalue weighted by atomic mass is 19.1. The van der Waals surface area contributed by atoms with Crippen molar-refractivity contribution in [2.75, 3.05) is 13.6 Å². The van der Waals surface area contributed by atoms with Gasteiger partial charge in [0.1, 0.15) is 5.82 Å². The van der Waals surface area contributed by atoms with E-state index < -0.39 is 11.8 Å². The van der Waals surface area contributed by atoms with Crippen LogP contribution in [0.25, 0.3) is 0 Å². The molecule has 0 saturated carbocycles. The fourth-order valence-corrected chi connectivity index (χ4v) is 1.03. The molecule has 0 saturated heterocycles. The van der Waals surface area contributed by atoms with Gasteiger partial charge in [0.2, 0.25) is 0 Å². The van der Waals surface area contributed by atoms with Crippen molar-refractivity contribution in [2.45, 2.75) is 0 Å². The molecule has 4 heteroatoms. The standard InChI is InChI=1S/C11H10FNO2/c1-13-6-2-3-8-4-5-9(12)7-10(8)11(14)15/h4-5,7,13H,6H2,1H3,(H,14,15). The van der Waals surface area contributed by atoms with Gasteiger partial charge in [0.25, 0.3) is 0 Å². The molecule has 1 aromatic rings. The Bertz CT molecular complexity index is 432. The maximum atomic E-state index is 12.8. The van der Waals surface area contributed by atoms with E-state index in [9.17, 15) is 9.18 Å². The number of carboxylic acids is 1. The molecule has 0 bridgehead atoms. The van der Waals surface area contributed by atoms with Crippen molar-refractivity contribution in [3.63, 3.8) is 0 Å². The minimum absolute atomic E-state index is 0.112. The van der Waals surface area contributed by atoms with Crippen LogP contribution in [0.15, 0.2) is 18.2 Å². The fraction of sp³-hybridized carbons (Fsp3) is 0.182. The average molecular weight is 207 g/mol. The Hall–Kier alpha value is -1.86. The largest absolute Gasteiger partial charge is 0.478 e. The summed E-state index contributed by atoms with van der Waals surface area (Å²) in [6, 6.07) is 3.52. The molecule has 0 amide bonds. The minimum Gasteiger partial charge on any atom is -0.478 e. The summed E-state index contributed by atoms with van der Waals surface area (Å²) in [5, 5.41) is 11.6. The summed E-state index contributed by atoms with van der Waals surface area (Å²) in [5.41, 5.74) is 0.206. The van der Waals surface area contributed by atoms with Crippen molar-refractivity contribution in [2.24, 2.45) is 0 Å². The van der Waals surface area contributed by atoms with Gasteiger partial charge in [-0.25, -0.2) is 9.18 Å². The topological polar surface area (TPSA) is 49.3 Å². The van der Waals surface area contributed by atoms with Crippen molar-refractivity contribution in [3.8, 4) is 11.8 Å². The van der Waals surface area contributed by atoms with Crippen molar-refractivity contribution in [1.29, 1.82) is 0 Å². The molecular weight excluding hydrogens is 197 g/mol. The quantitative estimate of drug-likeness (QED) is 0.714. The lowest BCUT2D eigenvalue weighted by Gasteiger charge is -1.98. The van der Waals surface area contributed by atoms with Crippen molar-refractivity contribution in [1.82, 2.24) is 5.32 Å². The lowest BCUT2D eigenvalue weighted by atomic mass is 10.1. The Kier molecular flexibility index (Phi) is 3.83. The Labute approximate surface area is 86.9 Å². The smallest absolute Gasteiger partial charge is 0.337 e. The Morgan fingerprint density at radius 2 is 2.33 bits per heavy atom. The van der Waals surface area contributed by atoms with Gasteiger partial charge >= 0.3 is 5.97 Å². The summed E-state index contributed by atoms with van der Waals surface area (Å²) in [6.45, 7) is 0.455. The minimum atomic E-state index is -1.18. The Balaban J connectivity index is 3.08. The number of aromatic carboxylic acids is 1. The van der Waals surface area contributed by atoms with Crippen LogP contribution in [-0.2, 0) is 0 Å². The number of nitrogens with one attached hydrogen (secondary N) is 1. The molecule has 0 aromatic heterocycles. The highest BCUT2D eigenvalue weighted by Crippen LogP contribution is 2.10. The second kappa shape index (κ2) is 5.13. The van der Waals surface area contributed by atoms with E-state index in [1.54, 1.807) is 7.05 Å². The number of carbonyl (C=O) groups is 1. The van der Waals surface area contributed by atoms with E-state index in [1.165, 1.54) is 12.1 Å². The van der Waals surface area contributed by atoms with Crippen LogP contribution in [0.5, 0.6) is 0 Å². The van der Waals surface area contributed by atoms with E-state index in [0.29, 0.717) is 12.1 Å². The van der Waals surface area contributed by atoms with Gasteiger partial charge in [-0.3, -0.25) is 0 Å². The molecule has 0 heterocycles. The third-order valence-corrected chi connectivity index (χ3v) is 1.70. The highest BCUT2D eigenvalue weighted by molar-refractivity contribution is 5.90. The van der Waals surface area contributed by atoms with Crippen LogP contribution >= 0.6 is 0 Å². The Morgan fingerprint density at radius 1 is 1.60 bits per heavy atom. The molecule has 1 rings (SSSR count). The van der Waals surface area contributed by atoms with Crippen molar-refractivity contribution in [3.05, 3.63) is 35.1 Å². The van der Waals surface area contributed by atoms with Crippen molar-refractivity contribution < 1.29 is 14.3 Å². The first-order chi connectivity index (χ1) is 7.15. The van der Waals surface area contributed by atoms with Gasteiger partial charge < -0.3 is 10.4 Å². The molecule has 0 spiro atoms. The van der Waals surface area contributed by atoms with E-state index in [2.05, 4.69) is 17.2 Å². The van der Waals surface area contributed by atoms with Crippen LogP contribution in [0.3, 0.4) is 0 Å². The molecule has 0 unspecified atom stereocenters. The maximum Gasteiger partial charge on any atom is 0.337 e. The van der Waals surface area contributed by atoms with Gasteiger partial charge in [-0.05, 0) is 25.2 Å².